The Morgan fingerprint density at radius 1 is 1.10 bits per heavy atom. The van der Waals surface area contributed by atoms with Gasteiger partial charge in [-0.3, -0.25) is 9.69 Å². The Balaban J connectivity index is 1.58. The maximum Gasteiger partial charge on any atom is 0.260 e. The van der Waals surface area contributed by atoms with Gasteiger partial charge in [-0.2, -0.15) is 0 Å². The number of hydrogen-bond acceptors (Lipinski definition) is 5. The molecule has 5 rings (SSSR count). The molecule has 1 aliphatic rings. The van der Waals surface area contributed by atoms with Crippen molar-refractivity contribution in [1.29, 1.82) is 0 Å². The molecule has 0 unspecified atom stereocenters. The van der Waals surface area contributed by atoms with E-state index in [4.69, 9.17) is 26.1 Å². The number of aromatic nitrogens is 1. The normalized spacial score (nSPS) is 12.3. The van der Waals surface area contributed by atoms with Gasteiger partial charge in [0.05, 0.1) is 16.8 Å². The van der Waals surface area contributed by atoms with Gasteiger partial charge in [-0.15, -0.1) is 0 Å². The lowest BCUT2D eigenvalue weighted by molar-refractivity contribution is 0.0984. The molecule has 0 saturated carbocycles. The highest BCUT2D eigenvalue weighted by Crippen LogP contribution is 2.36. The van der Waals surface area contributed by atoms with Crippen LogP contribution in [-0.2, 0) is 6.54 Å². The van der Waals surface area contributed by atoms with E-state index < -0.39 is 0 Å². The molecular weight excluding hydrogens is 420 g/mol. The number of fused-ring (bicyclic) bond motifs is 2. The smallest absolute Gasteiger partial charge is 0.260 e. The van der Waals surface area contributed by atoms with Crippen molar-refractivity contribution in [3.05, 3.63) is 82.4 Å². The summed E-state index contributed by atoms with van der Waals surface area (Å²) in [5.74, 6) is 1.07. The molecule has 0 N–H and O–H groups in total. The third-order valence-electron chi connectivity index (χ3n) is 5.02. The van der Waals surface area contributed by atoms with Gasteiger partial charge in [-0.1, -0.05) is 53.3 Å². The average Bonchev–Trinajstić information content (AvgIpc) is 3.41. The SMILES string of the molecule is Cc1c(Cl)ccc2sc(N(Cc3ccccc3)C(=O)c3ccc4c(c3)OCO4)nc12. The zero-order valence-electron chi connectivity index (χ0n) is 16.1. The number of halogens is 1. The number of amides is 1. The minimum atomic E-state index is -0.153. The molecule has 1 amide bonds. The maximum absolute atomic E-state index is 13.5. The topological polar surface area (TPSA) is 51.7 Å². The van der Waals surface area contributed by atoms with E-state index in [1.54, 1.807) is 23.1 Å². The standard InChI is InChI=1S/C23H17ClN2O3S/c1-14-17(24)8-10-20-21(14)25-23(30-20)26(12-15-5-3-2-4-6-15)22(27)16-7-9-18-19(11-16)29-13-28-18/h2-11H,12-13H2,1H3. The van der Waals surface area contributed by atoms with Gasteiger partial charge in [0.15, 0.2) is 16.6 Å². The van der Waals surface area contributed by atoms with Crippen LogP contribution in [0.25, 0.3) is 10.2 Å². The first-order valence-electron chi connectivity index (χ1n) is 9.41. The van der Waals surface area contributed by atoms with Crippen LogP contribution >= 0.6 is 22.9 Å². The molecule has 0 saturated heterocycles. The summed E-state index contributed by atoms with van der Waals surface area (Å²) >= 11 is 7.75. The van der Waals surface area contributed by atoms with Gasteiger partial charge in [-0.05, 0) is 48.4 Å². The van der Waals surface area contributed by atoms with Crippen molar-refractivity contribution in [2.45, 2.75) is 13.5 Å². The lowest BCUT2D eigenvalue weighted by Gasteiger charge is -2.20. The molecule has 0 spiro atoms. The summed E-state index contributed by atoms with van der Waals surface area (Å²) in [6.45, 7) is 2.51. The predicted molar refractivity (Wildman–Crippen MR) is 119 cm³/mol. The van der Waals surface area contributed by atoms with Crippen molar-refractivity contribution < 1.29 is 14.3 Å². The minimum absolute atomic E-state index is 0.153. The lowest BCUT2D eigenvalue weighted by atomic mass is 10.1. The Labute approximate surface area is 182 Å². The van der Waals surface area contributed by atoms with Crippen LogP contribution in [0.1, 0.15) is 21.5 Å². The first-order chi connectivity index (χ1) is 14.6. The minimum Gasteiger partial charge on any atom is -0.454 e. The van der Waals surface area contributed by atoms with E-state index in [0.717, 1.165) is 21.3 Å². The van der Waals surface area contributed by atoms with Crippen LogP contribution in [0.15, 0.2) is 60.7 Å². The summed E-state index contributed by atoms with van der Waals surface area (Å²) in [4.78, 5) is 20.0. The van der Waals surface area contributed by atoms with E-state index in [9.17, 15) is 4.79 Å². The Bertz CT molecular complexity index is 1260. The van der Waals surface area contributed by atoms with E-state index >= 15 is 0 Å². The highest BCUT2D eigenvalue weighted by molar-refractivity contribution is 7.22. The van der Waals surface area contributed by atoms with Gasteiger partial charge in [0, 0.05) is 10.6 Å². The number of carbonyl (C=O) groups excluding carboxylic acids is 1. The molecule has 0 fully saturated rings. The van der Waals surface area contributed by atoms with Crippen LogP contribution in [-0.4, -0.2) is 17.7 Å². The predicted octanol–water partition coefficient (Wildman–Crippen LogP) is 5.83. The van der Waals surface area contributed by atoms with Crippen LogP contribution in [0.5, 0.6) is 11.5 Å². The highest BCUT2D eigenvalue weighted by Gasteiger charge is 2.24. The molecule has 0 radical (unpaired) electrons. The molecule has 150 valence electrons. The fourth-order valence-electron chi connectivity index (χ4n) is 3.38. The molecule has 30 heavy (non-hydrogen) atoms. The molecule has 4 aromatic rings. The number of carbonyl (C=O) groups is 1. The van der Waals surface area contributed by atoms with Crippen molar-refractivity contribution in [3.63, 3.8) is 0 Å². The Hall–Kier alpha value is -3.09. The average molecular weight is 437 g/mol. The molecule has 0 atom stereocenters. The third kappa shape index (κ3) is 3.38. The first-order valence-corrected chi connectivity index (χ1v) is 10.6. The van der Waals surface area contributed by atoms with Crippen LogP contribution < -0.4 is 14.4 Å². The van der Waals surface area contributed by atoms with Crippen LogP contribution in [0, 0.1) is 6.92 Å². The summed E-state index contributed by atoms with van der Waals surface area (Å²) in [6.07, 6.45) is 0. The van der Waals surface area contributed by atoms with Gasteiger partial charge in [-0.25, -0.2) is 4.98 Å². The monoisotopic (exact) mass is 436 g/mol. The molecular formula is C23H17ClN2O3S. The van der Waals surface area contributed by atoms with Crippen LogP contribution in [0.3, 0.4) is 0 Å². The van der Waals surface area contributed by atoms with Crippen molar-refractivity contribution >= 4 is 44.2 Å². The number of aryl methyl sites for hydroxylation is 1. The number of nitrogens with zero attached hydrogens (tertiary/aromatic N) is 2. The van der Waals surface area contributed by atoms with E-state index in [1.807, 2.05) is 49.4 Å². The second kappa shape index (κ2) is 7.63. The van der Waals surface area contributed by atoms with Crippen LogP contribution in [0.4, 0.5) is 5.13 Å². The molecule has 1 aromatic heterocycles. The Morgan fingerprint density at radius 2 is 1.90 bits per heavy atom. The van der Waals surface area contributed by atoms with E-state index in [0.29, 0.717) is 33.8 Å². The van der Waals surface area contributed by atoms with Crippen molar-refractivity contribution in [2.75, 3.05) is 11.7 Å². The van der Waals surface area contributed by atoms with Crippen molar-refractivity contribution in [1.82, 2.24) is 4.98 Å². The van der Waals surface area contributed by atoms with E-state index in [2.05, 4.69) is 0 Å². The summed E-state index contributed by atoms with van der Waals surface area (Å²) in [5, 5.41) is 1.29. The molecule has 3 aromatic carbocycles. The second-order valence-electron chi connectivity index (χ2n) is 6.96. The third-order valence-corrected chi connectivity index (χ3v) is 6.47. The van der Waals surface area contributed by atoms with Gasteiger partial charge < -0.3 is 9.47 Å². The summed E-state index contributed by atoms with van der Waals surface area (Å²) in [7, 11) is 0. The van der Waals surface area contributed by atoms with Crippen molar-refractivity contribution in [3.8, 4) is 11.5 Å². The summed E-state index contributed by atoms with van der Waals surface area (Å²) in [5.41, 5.74) is 3.26. The number of thiazole rings is 1. The van der Waals surface area contributed by atoms with Crippen LogP contribution in [0.2, 0.25) is 5.02 Å². The number of rotatable bonds is 4. The van der Waals surface area contributed by atoms with E-state index in [-0.39, 0.29) is 12.7 Å². The fourth-order valence-corrected chi connectivity index (χ4v) is 4.56. The zero-order valence-corrected chi connectivity index (χ0v) is 17.7. The largest absolute Gasteiger partial charge is 0.454 e. The van der Waals surface area contributed by atoms with Gasteiger partial charge >= 0.3 is 0 Å². The zero-order chi connectivity index (χ0) is 20.7. The number of hydrogen-bond donors (Lipinski definition) is 0. The second-order valence-corrected chi connectivity index (χ2v) is 8.38. The van der Waals surface area contributed by atoms with E-state index in [1.165, 1.54) is 11.3 Å². The highest BCUT2D eigenvalue weighted by atomic mass is 35.5. The molecule has 7 heteroatoms. The summed E-state index contributed by atoms with van der Waals surface area (Å²) < 4.78 is 11.8. The molecule has 5 nitrogen and oxygen atoms in total. The Kier molecular flexibility index (Phi) is 4.81. The number of anilines is 1. The first kappa shape index (κ1) is 18.9. The molecule has 1 aliphatic heterocycles. The van der Waals surface area contributed by atoms with Crippen molar-refractivity contribution in [2.24, 2.45) is 0 Å². The molecule has 2 heterocycles. The quantitative estimate of drug-likeness (QED) is 0.403. The lowest BCUT2D eigenvalue weighted by Crippen LogP contribution is -2.30. The maximum atomic E-state index is 13.5. The Morgan fingerprint density at radius 3 is 2.73 bits per heavy atom. The molecule has 0 aliphatic carbocycles. The summed E-state index contributed by atoms with van der Waals surface area (Å²) in [6, 6.07) is 18.9. The molecule has 0 bridgehead atoms. The van der Waals surface area contributed by atoms with Gasteiger partial charge in [0.2, 0.25) is 6.79 Å². The van der Waals surface area contributed by atoms with Gasteiger partial charge in [0.1, 0.15) is 0 Å². The van der Waals surface area contributed by atoms with Gasteiger partial charge in [0.25, 0.3) is 5.91 Å². The number of ether oxygens (including phenoxy) is 2. The number of benzene rings is 3. The fraction of sp³-hybridized carbons (Fsp3) is 0.130.